The lowest BCUT2D eigenvalue weighted by Gasteiger charge is -2.09. The summed E-state index contributed by atoms with van der Waals surface area (Å²) < 4.78 is 4.76. The molecule has 0 N–H and O–H groups in total. The molecule has 0 amide bonds. The quantitative estimate of drug-likeness (QED) is 0.171. The van der Waals surface area contributed by atoms with Gasteiger partial charge in [-0.1, -0.05) is 146 Å². The molecular weight excluding hydrogens is 701 g/mol. The van der Waals surface area contributed by atoms with Crippen molar-refractivity contribution >= 4 is 53.3 Å². The second-order valence-corrected chi connectivity index (χ2v) is 15.1. The van der Waals surface area contributed by atoms with Gasteiger partial charge >= 0.3 is 0 Å². The molecule has 0 atom stereocenters. The van der Waals surface area contributed by atoms with Gasteiger partial charge < -0.3 is 4.57 Å². The number of fused-ring (bicyclic) bond motifs is 6. The summed E-state index contributed by atoms with van der Waals surface area (Å²) in [4.78, 5) is 15.0. The van der Waals surface area contributed by atoms with Crippen LogP contribution in [0.5, 0.6) is 0 Å². The smallest absolute Gasteiger partial charge is 0.165 e. The number of para-hydroxylation sites is 2. The van der Waals surface area contributed by atoms with Gasteiger partial charge in [-0.25, -0.2) is 15.0 Å². The Labute approximate surface area is 327 Å². The monoisotopic (exact) mass is 732 g/mol. The number of aromatic nitrogens is 4. The molecule has 3 heterocycles. The Morgan fingerprint density at radius 2 is 0.857 bits per heavy atom. The molecule has 11 rings (SSSR count). The number of nitrogens with zero attached hydrogens (tertiary/aromatic N) is 4. The highest BCUT2D eigenvalue weighted by molar-refractivity contribution is 7.26. The first-order valence-corrected chi connectivity index (χ1v) is 19.6. The largest absolute Gasteiger partial charge is 0.309 e. The van der Waals surface area contributed by atoms with Gasteiger partial charge in [-0.2, -0.15) is 0 Å². The van der Waals surface area contributed by atoms with Crippen LogP contribution in [-0.4, -0.2) is 19.5 Å². The van der Waals surface area contributed by atoms with E-state index < -0.39 is 0 Å². The van der Waals surface area contributed by atoms with Crippen LogP contribution >= 0.6 is 11.3 Å². The van der Waals surface area contributed by atoms with Gasteiger partial charge in [-0.3, -0.25) is 0 Å². The average molecular weight is 733 g/mol. The molecule has 0 aliphatic rings. The van der Waals surface area contributed by atoms with Crippen LogP contribution < -0.4 is 0 Å². The molecule has 0 unspecified atom stereocenters. The first-order valence-electron chi connectivity index (χ1n) is 18.8. The third kappa shape index (κ3) is 5.48. The van der Waals surface area contributed by atoms with E-state index in [1.54, 1.807) is 11.3 Å². The van der Waals surface area contributed by atoms with Gasteiger partial charge in [0.2, 0.25) is 0 Å². The summed E-state index contributed by atoms with van der Waals surface area (Å²) in [6, 6.07) is 68.7. The molecule has 5 heteroatoms. The molecule has 0 radical (unpaired) electrons. The van der Waals surface area contributed by atoms with E-state index in [0.29, 0.717) is 17.5 Å². The third-order valence-corrected chi connectivity index (χ3v) is 11.9. The van der Waals surface area contributed by atoms with Crippen LogP contribution in [-0.2, 0) is 0 Å². The second-order valence-electron chi connectivity index (χ2n) is 14.0. The number of rotatable bonds is 6. The van der Waals surface area contributed by atoms with Crippen molar-refractivity contribution in [3.63, 3.8) is 0 Å². The van der Waals surface area contributed by atoms with E-state index in [-0.39, 0.29) is 0 Å². The Hall–Kier alpha value is -7.21. The van der Waals surface area contributed by atoms with E-state index >= 15 is 0 Å². The summed E-state index contributed by atoms with van der Waals surface area (Å²) in [5, 5.41) is 4.94. The molecule has 0 saturated carbocycles. The Kier molecular flexibility index (Phi) is 7.64. The van der Waals surface area contributed by atoms with E-state index in [1.807, 2.05) is 60.7 Å². The summed E-state index contributed by atoms with van der Waals surface area (Å²) in [5.41, 5.74) is 11.3. The van der Waals surface area contributed by atoms with E-state index in [2.05, 4.69) is 138 Å². The highest BCUT2D eigenvalue weighted by Crippen LogP contribution is 2.42. The molecule has 8 aromatic carbocycles. The van der Waals surface area contributed by atoms with Crippen LogP contribution in [0.4, 0.5) is 0 Å². The molecule has 262 valence electrons. The van der Waals surface area contributed by atoms with Crippen molar-refractivity contribution < 1.29 is 0 Å². The SMILES string of the molecule is c1ccc(-c2nc(-c3ccccc3)nc(-c3cccc4c3sc3ccc(-c5ccc(-c6ccc7c(c6)c6ccccc6n7-c6ccccc6)cc5)cc34)n2)cc1. The lowest BCUT2D eigenvalue weighted by Crippen LogP contribution is -2.00. The first-order chi connectivity index (χ1) is 27.7. The zero-order valence-corrected chi connectivity index (χ0v) is 31.0. The number of thiophene rings is 1. The van der Waals surface area contributed by atoms with Crippen molar-refractivity contribution in [2.75, 3.05) is 0 Å². The Morgan fingerprint density at radius 3 is 1.54 bits per heavy atom. The number of benzene rings is 8. The fourth-order valence-electron chi connectivity index (χ4n) is 7.95. The van der Waals surface area contributed by atoms with Gasteiger partial charge in [-0.05, 0) is 70.8 Å². The Morgan fingerprint density at radius 1 is 0.339 bits per heavy atom. The van der Waals surface area contributed by atoms with Crippen molar-refractivity contribution in [2.45, 2.75) is 0 Å². The molecule has 0 aliphatic heterocycles. The van der Waals surface area contributed by atoms with Crippen molar-refractivity contribution in [2.24, 2.45) is 0 Å². The summed E-state index contributed by atoms with van der Waals surface area (Å²) >= 11 is 1.79. The molecule has 11 aromatic rings. The summed E-state index contributed by atoms with van der Waals surface area (Å²) in [7, 11) is 0. The van der Waals surface area contributed by atoms with Crippen molar-refractivity contribution in [3.8, 4) is 62.1 Å². The van der Waals surface area contributed by atoms with Gasteiger partial charge in [0.25, 0.3) is 0 Å². The van der Waals surface area contributed by atoms with Crippen molar-refractivity contribution in [1.82, 2.24) is 19.5 Å². The predicted molar refractivity (Wildman–Crippen MR) is 234 cm³/mol. The van der Waals surface area contributed by atoms with E-state index in [4.69, 9.17) is 15.0 Å². The van der Waals surface area contributed by atoms with Gasteiger partial charge in [0.05, 0.1) is 11.0 Å². The molecule has 0 fully saturated rings. The minimum absolute atomic E-state index is 0.664. The summed E-state index contributed by atoms with van der Waals surface area (Å²) in [6.45, 7) is 0. The van der Waals surface area contributed by atoms with Gasteiger partial charge in [0.15, 0.2) is 17.5 Å². The second kappa shape index (κ2) is 13.3. The maximum Gasteiger partial charge on any atom is 0.165 e. The van der Waals surface area contributed by atoms with Crippen LogP contribution in [0.2, 0.25) is 0 Å². The van der Waals surface area contributed by atoms with Crippen LogP contribution in [0.1, 0.15) is 0 Å². The maximum atomic E-state index is 5.05. The van der Waals surface area contributed by atoms with Gasteiger partial charge in [-0.15, -0.1) is 11.3 Å². The van der Waals surface area contributed by atoms with Gasteiger partial charge in [0.1, 0.15) is 0 Å². The molecule has 4 nitrogen and oxygen atoms in total. The zero-order valence-electron chi connectivity index (χ0n) is 30.2. The molecular formula is C51H32N4S. The molecule has 3 aromatic heterocycles. The van der Waals surface area contributed by atoms with Crippen LogP contribution in [0.15, 0.2) is 194 Å². The molecule has 0 saturated heterocycles. The summed E-state index contributed by atoms with van der Waals surface area (Å²) in [6.07, 6.45) is 0. The van der Waals surface area contributed by atoms with Crippen LogP contribution in [0.3, 0.4) is 0 Å². The number of hydrogen-bond donors (Lipinski definition) is 0. The average Bonchev–Trinajstić information content (AvgIpc) is 3.82. The highest BCUT2D eigenvalue weighted by Gasteiger charge is 2.18. The minimum atomic E-state index is 0.664. The lowest BCUT2D eigenvalue weighted by atomic mass is 9.98. The fraction of sp³-hybridized carbons (Fsp3) is 0. The van der Waals surface area contributed by atoms with Crippen molar-refractivity contribution in [3.05, 3.63) is 194 Å². The topological polar surface area (TPSA) is 43.6 Å². The molecule has 0 bridgehead atoms. The normalized spacial score (nSPS) is 11.6. The third-order valence-electron chi connectivity index (χ3n) is 10.7. The van der Waals surface area contributed by atoms with E-state index in [1.165, 1.54) is 69.9 Å². The van der Waals surface area contributed by atoms with Crippen molar-refractivity contribution in [1.29, 1.82) is 0 Å². The minimum Gasteiger partial charge on any atom is -0.309 e. The Balaban J connectivity index is 0.966. The van der Waals surface area contributed by atoms with Crippen LogP contribution in [0.25, 0.3) is 104 Å². The fourth-order valence-corrected chi connectivity index (χ4v) is 9.14. The Bertz CT molecular complexity index is 3160. The standard InChI is InChI=1S/C51H32N4S/c1-4-13-35(14-5-1)49-52-50(36-15-6-2-7-16-36)54-51(53-49)42-21-12-20-41-44-32-38(28-30-47(44)56-48(41)42)34-25-23-33(24-26-34)37-27-29-46-43(31-37)40-19-10-11-22-45(40)55(46)39-17-8-3-9-18-39/h1-32H. The zero-order chi connectivity index (χ0) is 37.0. The highest BCUT2D eigenvalue weighted by atomic mass is 32.1. The maximum absolute atomic E-state index is 5.05. The molecule has 0 aliphatic carbocycles. The van der Waals surface area contributed by atoms with E-state index in [0.717, 1.165) is 16.7 Å². The first kappa shape index (κ1) is 32.2. The molecule has 56 heavy (non-hydrogen) atoms. The molecule has 0 spiro atoms. The van der Waals surface area contributed by atoms with E-state index in [9.17, 15) is 0 Å². The lowest BCUT2D eigenvalue weighted by molar-refractivity contribution is 1.08. The summed E-state index contributed by atoms with van der Waals surface area (Å²) in [5.74, 6) is 2.00. The van der Waals surface area contributed by atoms with Crippen LogP contribution in [0, 0.1) is 0 Å². The van der Waals surface area contributed by atoms with Gasteiger partial charge in [0, 0.05) is 53.3 Å². The predicted octanol–water partition coefficient (Wildman–Crippen LogP) is 13.7. The number of hydrogen-bond acceptors (Lipinski definition) is 4.